The maximum Gasteiger partial charge on any atom is 0.125 e. The van der Waals surface area contributed by atoms with Crippen molar-refractivity contribution in [2.24, 2.45) is 0 Å². The van der Waals surface area contributed by atoms with Crippen LogP contribution in [-0.2, 0) is 4.74 Å². The first kappa shape index (κ1) is 15.3. The Morgan fingerprint density at radius 2 is 1.95 bits per heavy atom. The van der Waals surface area contributed by atoms with Gasteiger partial charge in [0.1, 0.15) is 18.5 Å². The highest BCUT2D eigenvalue weighted by Gasteiger charge is 2.13. The molecule has 1 aliphatic heterocycles. The van der Waals surface area contributed by atoms with E-state index >= 15 is 0 Å². The van der Waals surface area contributed by atoms with Crippen molar-refractivity contribution in [2.45, 2.75) is 20.0 Å². The molecule has 2 rings (SSSR count). The van der Waals surface area contributed by atoms with E-state index in [1.807, 2.05) is 32.0 Å². The summed E-state index contributed by atoms with van der Waals surface area (Å²) in [5.74, 6) is 0.873. The monoisotopic (exact) mass is 280 g/mol. The van der Waals surface area contributed by atoms with Crippen LogP contribution in [0.2, 0.25) is 0 Å². The van der Waals surface area contributed by atoms with Crippen LogP contribution in [0.4, 0.5) is 0 Å². The summed E-state index contributed by atoms with van der Waals surface area (Å²) >= 11 is 0. The van der Waals surface area contributed by atoms with Crippen LogP contribution >= 0.6 is 0 Å². The standard InChI is InChI=1S/C15H24N2O3/c1-12-4-3-5-13(2)15(12)20-11-14(18)10-16-17-6-8-19-9-7-17/h3-5,14,16,18H,6-11H2,1-2H3. The molecule has 112 valence electrons. The molecule has 1 atom stereocenters. The van der Waals surface area contributed by atoms with E-state index in [1.165, 1.54) is 0 Å². The number of aliphatic hydroxyl groups is 1. The molecule has 0 radical (unpaired) electrons. The average Bonchev–Trinajstić information content (AvgIpc) is 2.46. The number of nitrogens with zero attached hydrogens (tertiary/aromatic N) is 1. The number of hydrogen-bond donors (Lipinski definition) is 2. The van der Waals surface area contributed by atoms with E-state index in [2.05, 4.69) is 10.4 Å². The van der Waals surface area contributed by atoms with Gasteiger partial charge in [-0.25, -0.2) is 5.01 Å². The maximum atomic E-state index is 9.98. The topological polar surface area (TPSA) is 54.0 Å². The zero-order valence-corrected chi connectivity index (χ0v) is 12.3. The summed E-state index contributed by atoms with van der Waals surface area (Å²) in [6.45, 7) is 7.99. The van der Waals surface area contributed by atoms with Gasteiger partial charge in [0.05, 0.1) is 13.2 Å². The second kappa shape index (κ2) is 7.59. The van der Waals surface area contributed by atoms with E-state index < -0.39 is 6.10 Å². The number of nitrogens with one attached hydrogen (secondary N) is 1. The van der Waals surface area contributed by atoms with Crippen molar-refractivity contribution < 1.29 is 14.6 Å². The molecule has 5 heteroatoms. The minimum absolute atomic E-state index is 0.295. The minimum atomic E-state index is -0.531. The van der Waals surface area contributed by atoms with Gasteiger partial charge in [0.2, 0.25) is 0 Å². The van der Waals surface area contributed by atoms with Crippen LogP contribution in [0.1, 0.15) is 11.1 Å². The summed E-state index contributed by atoms with van der Waals surface area (Å²) in [5.41, 5.74) is 5.40. The van der Waals surface area contributed by atoms with Gasteiger partial charge < -0.3 is 14.6 Å². The summed E-state index contributed by atoms with van der Waals surface area (Å²) in [4.78, 5) is 0. The lowest BCUT2D eigenvalue weighted by Crippen LogP contribution is -2.48. The molecule has 0 aliphatic carbocycles. The smallest absolute Gasteiger partial charge is 0.125 e. The molecule has 1 aliphatic rings. The average molecular weight is 280 g/mol. The van der Waals surface area contributed by atoms with Crippen LogP contribution in [0.25, 0.3) is 0 Å². The van der Waals surface area contributed by atoms with Gasteiger partial charge in [-0.3, -0.25) is 5.43 Å². The third kappa shape index (κ3) is 4.45. The Hall–Kier alpha value is -1.14. The van der Waals surface area contributed by atoms with E-state index in [0.717, 1.165) is 43.2 Å². The number of benzene rings is 1. The highest BCUT2D eigenvalue weighted by molar-refractivity contribution is 5.39. The molecule has 1 heterocycles. The molecular formula is C15H24N2O3. The summed E-state index contributed by atoms with van der Waals surface area (Å²) in [6, 6.07) is 6.04. The molecule has 0 aromatic heterocycles. The third-order valence-corrected chi connectivity index (χ3v) is 3.39. The number of rotatable bonds is 6. The van der Waals surface area contributed by atoms with Gasteiger partial charge in [0.15, 0.2) is 0 Å². The first-order valence-electron chi connectivity index (χ1n) is 7.10. The van der Waals surface area contributed by atoms with E-state index in [9.17, 15) is 5.11 Å². The highest BCUT2D eigenvalue weighted by atomic mass is 16.5. The number of ether oxygens (including phenoxy) is 2. The highest BCUT2D eigenvalue weighted by Crippen LogP contribution is 2.22. The fourth-order valence-corrected chi connectivity index (χ4v) is 2.22. The van der Waals surface area contributed by atoms with Crippen molar-refractivity contribution in [3.8, 4) is 5.75 Å². The molecule has 1 unspecified atom stereocenters. The van der Waals surface area contributed by atoms with Gasteiger partial charge in [0.25, 0.3) is 0 Å². The molecule has 1 saturated heterocycles. The van der Waals surface area contributed by atoms with Crippen molar-refractivity contribution in [2.75, 3.05) is 39.5 Å². The first-order chi connectivity index (χ1) is 9.66. The number of hydrogen-bond acceptors (Lipinski definition) is 5. The molecule has 2 N–H and O–H groups in total. The number of aryl methyl sites for hydroxylation is 2. The Kier molecular flexibility index (Phi) is 5.79. The minimum Gasteiger partial charge on any atom is -0.490 e. The quantitative estimate of drug-likeness (QED) is 0.810. The summed E-state index contributed by atoms with van der Waals surface area (Å²) in [6.07, 6.45) is -0.531. The van der Waals surface area contributed by atoms with Crippen molar-refractivity contribution in [3.05, 3.63) is 29.3 Å². The van der Waals surface area contributed by atoms with Crippen molar-refractivity contribution in [3.63, 3.8) is 0 Å². The molecular weight excluding hydrogens is 256 g/mol. The van der Waals surface area contributed by atoms with Gasteiger partial charge in [0, 0.05) is 19.6 Å². The SMILES string of the molecule is Cc1cccc(C)c1OCC(O)CNN1CCOCC1. The third-order valence-electron chi connectivity index (χ3n) is 3.39. The van der Waals surface area contributed by atoms with Crippen LogP contribution < -0.4 is 10.2 Å². The maximum absolute atomic E-state index is 9.98. The van der Waals surface area contributed by atoms with Crippen molar-refractivity contribution in [1.29, 1.82) is 0 Å². The van der Waals surface area contributed by atoms with E-state index in [4.69, 9.17) is 9.47 Å². The molecule has 5 nitrogen and oxygen atoms in total. The van der Waals surface area contributed by atoms with E-state index in [0.29, 0.717) is 13.2 Å². The van der Waals surface area contributed by atoms with E-state index in [1.54, 1.807) is 0 Å². The summed E-state index contributed by atoms with van der Waals surface area (Å²) in [7, 11) is 0. The predicted molar refractivity (Wildman–Crippen MR) is 77.8 cm³/mol. The normalized spacial score (nSPS) is 17.9. The lowest BCUT2D eigenvalue weighted by atomic mass is 10.1. The fraction of sp³-hybridized carbons (Fsp3) is 0.600. The van der Waals surface area contributed by atoms with Crippen molar-refractivity contribution in [1.82, 2.24) is 10.4 Å². The zero-order chi connectivity index (χ0) is 14.4. The van der Waals surface area contributed by atoms with Gasteiger partial charge >= 0.3 is 0 Å². The zero-order valence-electron chi connectivity index (χ0n) is 12.3. The van der Waals surface area contributed by atoms with Crippen LogP contribution in [0.5, 0.6) is 5.75 Å². The van der Waals surface area contributed by atoms with Crippen LogP contribution in [-0.4, -0.2) is 55.7 Å². The molecule has 0 bridgehead atoms. The molecule has 0 spiro atoms. The number of morpholine rings is 1. The predicted octanol–water partition coefficient (Wildman–Crippen LogP) is 0.880. The van der Waals surface area contributed by atoms with Crippen LogP contribution in [0.3, 0.4) is 0 Å². The molecule has 1 aromatic carbocycles. The summed E-state index contributed by atoms with van der Waals surface area (Å²) < 4.78 is 11.0. The Labute approximate surface area is 120 Å². The largest absolute Gasteiger partial charge is 0.490 e. The van der Waals surface area contributed by atoms with Gasteiger partial charge in [-0.15, -0.1) is 0 Å². The van der Waals surface area contributed by atoms with Crippen LogP contribution in [0.15, 0.2) is 18.2 Å². The first-order valence-corrected chi connectivity index (χ1v) is 7.10. The van der Waals surface area contributed by atoms with E-state index in [-0.39, 0.29) is 0 Å². The number of para-hydroxylation sites is 1. The molecule has 0 saturated carbocycles. The second-order valence-corrected chi connectivity index (χ2v) is 5.15. The second-order valence-electron chi connectivity index (χ2n) is 5.15. The number of aliphatic hydroxyl groups excluding tert-OH is 1. The molecule has 1 aromatic rings. The lowest BCUT2D eigenvalue weighted by Gasteiger charge is -2.28. The molecule has 0 amide bonds. The fourth-order valence-electron chi connectivity index (χ4n) is 2.22. The van der Waals surface area contributed by atoms with Gasteiger partial charge in [-0.05, 0) is 25.0 Å². The Morgan fingerprint density at radius 1 is 1.30 bits per heavy atom. The molecule has 20 heavy (non-hydrogen) atoms. The molecule has 1 fully saturated rings. The van der Waals surface area contributed by atoms with Gasteiger partial charge in [-0.1, -0.05) is 18.2 Å². The van der Waals surface area contributed by atoms with Gasteiger partial charge in [-0.2, -0.15) is 0 Å². The Morgan fingerprint density at radius 3 is 2.60 bits per heavy atom. The van der Waals surface area contributed by atoms with Crippen molar-refractivity contribution >= 4 is 0 Å². The summed E-state index contributed by atoms with van der Waals surface area (Å²) in [5, 5.41) is 12.1. The Balaban J connectivity index is 1.73. The lowest BCUT2D eigenvalue weighted by molar-refractivity contribution is -0.000842. The number of hydrazine groups is 1. The Bertz CT molecular complexity index is 399. The van der Waals surface area contributed by atoms with Crippen LogP contribution in [0, 0.1) is 13.8 Å².